The molecular formula is C18H22IN7O3. The summed E-state index contributed by atoms with van der Waals surface area (Å²) in [5, 5.41) is 10.3. The van der Waals surface area contributed by atoms with Crippen molar-refractivity contribution >= 4 is 35.8 Å². The third kappa shape index (κ3) is 4.78. The van der Waals surface area contributed by atoms with Gasteiger partial charge in [-0.05, 0) is 24.3 Å². The number of carbonyl (C=O) groups excluding carboxylic acids is 1. The van der Waals surface area contributed by atoms with Crippen molar-refractivity contribution in [3.63, 3.8) is 0 Å². The topological polar surface area (TPSA) is 116 Å². The number of guanidine groups is 1. The molecule has 11 heteroatoms. The summed E-state index contributed by atoms with van der Waals surface area (Å²) in [4.78, 5) is 25.0. The second kappa shape index (κ2) is 9.58. The van der Waals surface area contributed by atoms with Gasteiger partial charge in [0.25, 0.3) is 5.91 Å². The minimum Gasteiger partial charge on any atom is -0.461 e. The number of aliphatic imine (C=N–C) groups is 1. The zero-order chi connectivity index (χ0) is 19.3. The fraction of sp³-hybridized carbons (Fsp3) is 0.333. The van der Waals surface area contributed by atoms with E-state index in [9.17, 15) is 4.79 Å². The van der Waals surface area contributed by atoms with Gasteiger partial charge < -0.3 is 24.0 Å². The van der Waals surface area contributed by atoms with Crippen molar-refractivity contribution in [1.82, 2.24) is 30.3 Å². The van der Waals surface area contributed by atoms with Gasteiger partial charge in [0.15, 0.2) is 17.5 Å². The number of nitrogens with one attached hydrogen (secondary N) is 2. The first kappa shape index (κ1) is 20.9. The van der Waals surface area contributed by atoms with Gasteiger partial charge in [-0.1, -0.05) is 0 Å². The van der Waals surface area contributed by atoms with Crippen molar-refractivity contribution in [3.8, 4) is 11.6 Å². The highest BCUT2D eigenvalue weighted by Gasteiger charge is 2.25. The molecule has 0 spiro atoms. The van der Waals surface area contributed by atoms with Crippen LogP contribution in [0.25, 0.3) is 11.6 Å². The van der Waals surface area contributed by atoms with Crippen molar-refractivity contribution in [2.24, 2.45) is 4.99 Å². The molecule has 4 rings (SSSR count). The molecule has 1 amide bonds. The van der Waals surface area contributed by atoms with E-state index < -0.39 is 0 Å². The van der Waals surface area contributed by atoms with Gasteiger partial charge in [-0.15, -0.1) is 29.1 Å². The Morgan fingerprint density at radius 2 is 1.90 bits per heavy atom. The zero-order valence-corrected chi connectivity index (χ0v) is 18.2. The van der Waals surface area contributed by atoms with Gasteiger partial charge in [-0.3, -0.25) is 14.9 Å². The number of hydrogen-bond donors (Lipinski definition) is 2. The van der Waals surface area contributed by atoms with Gasteiger partial charge in [-0.25, -0.2) is 4.98 Å². The number of furan rings is 2. The largest absolute Gasteiger partial charge is 0.461 e. The minimum absolute atomic E-state index is 0. The quantitative estimate of drug-likeness (QED) is 0.312. The van der Waals surface area contributed by atoms with Crippen LogP contribution in [0.4, 0.5) is 0 Å². The van der Waals surface area contributed by atoms with Gasteiger partial charge in [-0.2, -0.15) is 0 Å². The molecule has 1 aliphatic rings. The van der Waals surface area contributed by atoms with Gasteiger partial charge in [0.1, 0.15) is 5.82 Å². The molecule has 0 saturated carbocycles. The molecule has 1 saturated heterocycles. The molecule has 3 aromatic heterocycles. The molecule has 0 bridgehead atoms. The number of piperazine rings is 1. The number of amides is 1. The van der Waals surface area contributed by atoms with Crippen LogP contribution in [-0.4, -0.2) is 70.1 Å². The lowest BCUT2D eigenvalue weighted by molar-refractivity contribution is 0.0657. The Bertz CT molecular complexity index is 929. The fourth-order valence-corrected chi connectivity index (χ4v) is 3.06. The highest BCUT2D eigenvalue weighted by atomic mass is 127. The minimum atomic E-state index is -0.0836. The molecule has 1 aliphatic heterocycles. The lowest BCUT2D eigenvalue weighted by atomic mass is 10.3. The Balaban J connectivity index is 0.00000240. The van der Waals surface area contributed by atoms with Gasteiger partial charge in [0.05, 0.1) is 19.1 Å². The average Bonchev–Trinajstić information content (AvgIpc) is 3.50. The van der Waals surface area contributed by atoms with E-state index in [4.69, 9.17) is 8.83 Å². The number of aromatic nitrogens is 3. The predicted molar refractivity (Wildman–Crippen MR) is 116 cm³/mol. The maximum Gasteiger partial charge on any atom is 0.289 e. The molecule has 1 fully saturated rings. The molecule has 10 nitrogen and oxygen atoms in total. The summed E-state index contributed by atoms with van der Waals surface area (Å²) in [6.07, 6.45) is 3.10. The van der Waals surface area contributed by atoms with Crippen molar-refractivity contribution < 1.29 is 13.6 Å². The molecule has 0 aliphatic carbocycles. The van der Waals surface area contributed by atoms with Crippen LogP contribution in [-0.2, 0) is 6.54 Å². The number of carbonyl (C=O) groups is 1. The van der Waals surface area contributed by atoms with E-state index in [0.717, 1.165) is 5.96 Å². The van der Waals surface area contributed by atoms with Crippen LogP contribution in [0.5, 0.6) is 0 Å². The van der Waals surface area contributed by atoms with E-state index in [1.165, 1.54) is 6.26 Å². The lowest BCUT2D eigenvalue weighted by Crippen LogP contribution is -2.53. The summed E-state index contributed by atoms with van der Waals surface area (Å²) in [6.45, 7) is 3.02. The normalized spacial score (nSPS) is 14.6. The second-order valence-electron chi connectivity index (χ2n) is 6.24. The Morgan fingerprint density at radius 3 is 2.55 bits per heavy atom. The molecule has 0 atom stereocenters. The zero-order valence-electron chi connectivity index (χ0n) is 15.9. The standard InChI is InChI=1S/C18H21N7O3.HI/c1-19-18(20-12-15-21-16(23-22-15)13-4-2-10-27-13)25-8-6-24(7-9-25)17(26)14-5-3-11-28-14;/h2-5,10-11H,6-9,12H2,1H3,(H,19,20)(H,21,22,23);1H. The first-order valence-electron chi connectivity index (χ1n) is 8.98. The van der Waals surface area contributed by atoms with Gasteiger partial charge >= 0.3 is 0 Å². The maximum atomic E-state index is 12.4. The summed E-state index contributed by atoms with van der Waals surface area (Å²) in [7, 11) is 1.73. The summed E-state index contributed by atoms with van der Waals surface area (Å²) >= 11 is 0. The summed E-state index contributed by atoms with van der Waals surface area (Å²) in [6, 6.07) is 7.00. The van der Waals surface area contributed by atoms with Crippen molar-refractivity contribution in [3.05, 3.63) is 48.4 Å². The van der Waals surface area contributed by atoms with Gasteiger partial charge in [0, 0.05) is 33.2 Å². The van der Waals surface area contributed by atoms with E-state index in [1.54, 1.807) is 36.4 Å². The van der Waals surface area contributed by atoms with E-state index in [-0.39, 0.29) is 29.9 Å². The molecule has 2 N–H and O–H groups in total. The van der Waals surface area contributed by atoms with Crippen LogP contribution in [0.15, 0.2) is 50.6 Å². The first-order valence-corrected chi connectivity index (χ1v) is 8.98. The number of nitrogens with zero attached hydrogens (tertiary/aromatic N) is 5. The third-order valence-electron chi connectivity index (χ3n) is 4.50. The Labute approximate surface area is 184 Å². The van der Waals surface area contributed by atoms with Crippen LogP contribution in [0, 0.1) is 0 Å². The van der Waals surface area contributed by atoms with Gasteiger partial charge in [0.2, 0.25) is 5.82 Å². The number of hydrogen-bond acceptors (Lipinski definition) is 6. The molecule has 0 aromatic carbocycles. The number of aromatic amines is 1. The lowest BCUT2D eigenvalue weighted by Gasteiger charge is -2.36. The molecule has 29 heavy (non-hydrogen) atoms. The number of H-pyrrole nitrogens is 1. The average molecular weight is 511 g/mol. The molecule has 0 unspecified atom stereocenters. The van der Waals surface area contributed by atoms with E-state index >= 15 is 0 Å². The third-order valence-corrected chi connectivity index (χ3v) is 4.50. The highest BCUT2D eigenvalue weighted by molar-refractivity contribution is 14.0. The molecular weight excluding hydrogens is 489 g/mol. The fourth-order valence-electron chi connectivity index (χ4n) is 3.06. The molecule has 4 heterocycles. The Morgan fingerprint density at radius 1 is 1.17 bits per heavy atom. The van der Waals surface area contributed by atoms with E-state index in [1.807, 2.05) is 6.07 Å². The molecule has 154 valence electrons. The van der Waals surface area contributed by atoms with Crippen LogP contribution < -0.4 is 5.32 Å². The van der Waals surface area contributed by atoms with Crippen LogP contribution >= 0.6 is 24.0 Å². The summed E-state index contributed by atoms with van der Waals surface area (Å²) in [5.74, 6) is 2.85. The molecule has 0 radical (unpaired) electrons. The number of rotatable bonds is 4. The van der Waals surface area contributed by atoms with Crippen molar-refractivity contribution in [2.75, 3.05) is 33.2 Å². The highest BCUT2D eigenvalue weighted by Crippen LogP contribution is 2.14. The SMILES string of the molecule is CN=C(NCc1nc(-c2ccco2)n[nH]1)N1CCN(C(=O)c2ccco2)CC1.I. The predicted octanol–water partition coefficient (Wildman–Crippen LogP) is 1.81. The maximum absolute atomic E-state index is 12.4. The second-order valence-corrected chi connectivity index (χ2v) is 6.24. The van der Waals surface area contributed by atoms with E-state index in [0.29, 0.717) is 55.9 Å². The van der Waals surface area contributed by atoms with Crippen LogP contribution in [0.3, 0.4) is 0 Å². The van der Waals surface area contributed by atoms with Crippen LogP contribution in [0.2, 0.25) is 0 Å². The van der Waals surface area contributed by atoms with Crippen LogP contribution in [0.1, 0.15) is 16.4 Å². The summed E-state index contributed by atoms with van der Waals surface area (Å²) < 4.78 is 10.5. The number of halogens is 1. The Hall–Kier alpha value is -2.83. The molecule has 3 aromatic rings. The van der Waals surface area contributed by atoms with E-state index in [2.05, 4.69) is 30.4 Å². The van der Waals surface area contributed by atoms with Crippen molar-refractivity contribution in [1.29, 1.82) is 0 Å². The smallest absolute Gasteiger partial charge is 0.289 e. The monoisotopic (exact) mass is 511 g/mol. The summed E-state index contributed by atoms with van der Waals surface area (Å²) in [5.41, 5.74) is 0. The first-order chi connectivity index (χ1) is 13.7. The van der Waals surface area contributed by atoms with Crippen molar-refractivity contribution in [2.45, 2.75) is 6.54 Å². The Kier molecular flexibility index (Phi) is 6.90.